The summed E-state index contributed by atoms with van der Waals surface area (Å²) in [7, 11) is 0. The van der Waals surface area contributed by atoms with E-state index < -0.39 is 0 Å². The number of hydrogen-bond donors (Lipinski definition) is 1. The summed E-state index contributed by atoms with van der Waals surface area (Å²) in [5, 5.41) is 2.76. The molecular weight excluding hydrogens is 242 g/mol. The Morgan fingerprint density at radius 2 is 1.95 bits per heavy atom. The molecule has 19 heavy (non-hydrogen) atoms. The maximum absolute atomic E-state index is 11.4. The van der Waals surface area contributed by atoms with Crippen LogP contribution in [0.5, 0.6) is 0 Å². The fourth-order valence-electron chi connectivity index (χ4n) is 1.22. The van der Waals surface area contributed by atoms with Crippen molar-refractivity contribution in [2.75, 3.05) is 33.0 Å². The quantitative estimate of drug-likeness (QED) is 0.487. The molecule has 0 heterocycles. The van der Waals surface area contributed by atoms with Gasteiger partial charge in [-0.15, -0.1) is 11.8 Å². The number of ether oxygens (including phenoxy) is 2. The maximum Gasteiger partial charge on any atom is 0.246 e. The van der Waals surface area contributed by atoms with Gasteiger partial charge in [-0.2, -0.15) is 0 Å². The van der Waals surface area contributed by atoms with Crippen molar-refractivity contribution in [1.82, 2.24) is 5.32 Å². The highest BCUT2D eigenvalue weighted by Gasteiger charge is 1.99. The molecule has 110 valence electrons. The fourth-order valence-corrected chi connectivity index (χ4v) is 1.22. The molecule has 1 amide bonds. The van der Waals surface area contributed by atoms with E-state index in [2.05, 4.69) is 24.1 Å². The number of amides is 1. The highest BCUT2D eigenvalue weighted by atomic mass is 16.5. The van der Waals surface area contributed by atoms with Gasteiger partial charge in [0.1, 0.15) is 6.61 Å². The molecule has 0 aliphatic rings. The average molecular weight is 269 g/mol. The largest absolute Gasteiger partial charge is 0.379 e. The van der Waals surface area contributed by atoms with Crippen molar-refractivity contribution in [3.8, 4) is 11.8 Å². The van der Waals surface area contributed by atoms with Crippen LogP contribution in [0.1, 0.15) is 40.0 Å². The summed E-state index contributed by atoms with van der Waals surface area (Å²) in [5.41, 5.74) is 0. The Morgan fingerprint density at radius 3 is 2.63 bits per heavy atom. The first-order chi connectivity index (χ1) is 9.16. The monoisotopic (exact) mass is 269 g/mol. The van der Waals surface area contributed by atoms with Crippen LogP contribution in [0.2, 0.25) is 0 Å². The molecule has 4 heteroatoms. The van der Waals surface area contributed by atoms with Crippen LogP contribution in [0, 0.1) is 17.8 Å². The van der Waals surface area contributed by atoms with Crippen LogP contribution < -0.4 is 5.32 Å². The van der Waals surface area contributed by atoms with Gasteiger partial charge in [0.25, 0.3) is 0 Å². The third-order valence-corrected chi connectivity index (χ3v) is 2.21. The van der Waals surface area contributed by atoms with Gasteiger partial charge in [-0.05, 0) is 6.42 Å². The first kappa shape index (κ1) is 17.9. The van der Waals surface area contributed by atoms with Gasteiger partial charge in [0.05, 0.1) is 13.2 Å². The summed E-state index contributed by atoms with van der Waals surface area (Å²) in [6.07, 6.45) is 2.88. The zero-order valence-electron chi connectivity index (χ0n) is 12.5. The number of nitrogens with one attached hydrogen (secondary N) is 1. The Kier molecular flexibility index (Phi) is 12.6. The molecule has 0 aromatic carbocycles. The summed E-state index contributed by atoms with van der Waals surface area (Å²) in [6, 6.07) is 0. The minimum absolute atomic E-state index is 0.0920. The number of carbonyl (C=O) groups excluding carboxylic acids is 1. The van der Waals surface area contributed by atoms with E-state index >= 15 is 0 Å². The normalized spacial score (nSPS) is 10.1. The highest BCUT2D eigenvalue weighted by Crippen LogP contribution is 1.88. The second kappa shape index (κ2) is 13.4. The van der Waals surface area contributed by atoms with Gasteiger partial charge in [-0.1, -0.05) is 27.2 Å². The van der Waals surface area contributed by atoms with Crippen molar-refractivity contribution in [3.63, 3.8) is 0 Å². The van der Waals surface area contributed by atoms with Gasteiger partial charge in [-0.3, -0.25) is 4.79 Å². The first-order valence-corrected chi connectivity index (χ1v) is 7.07. The van der Waals surface area contributed by atoms with Crippen LogP contribution >= 0.6 is 0 Å². The molecule has 0 fully saturated rings. The van der Waals surface area contributed by atoms with Crippen LogP contribution in [0.25, 0.3) is 0 Å². The molecule has 0 radical (unpaired) electrons. The molecule has 0 atom stereocenters. The van der Waals surface area contributed by atoms with Gasteiger partial charge in [-0.25, -0.2) is 0 Å². The molecule has 0 saturated heterocycles. The standard InChI is InChI=1S/C15H27NO3/c1-4-5-10-18-11-12-19-13-15(17)16-9-7-6-8-14(2)3/h14H,4-5,7,9-13H2,1-3H3,(H,16,17). The minimum atomic E-state index is -0.0973. The van der Waals surface area contributed by atoms with E-state index in [0.29, 0.717) is 32.1 Å². The molecule has 0 aliphatic carbocycles. The number of hydrogen-bond acceptors (Lipinski definition) is 3. The Morgan fingerprint density at radius 1 is 1.21 bits per heavy atom. The topological polar surface area (TPSA) is 47.6 Å². The SMILES string of the molecule is CCCCOCCOCC(=O)NCCC#CC(C)C. The lowest BCUT2D eigenvalue weighted by Gasteiger charge is -2.05. The zero-order valence-corrected chi connectivity index (χ0v) is 12.5. The second-order valence-electron chi connectivity index (χ2n) is 4.59. The lowest BCUT2D eigenvalue weighted by Crippen LogP contribution is -2.28. The van der Waals surface area contributed by atoms with E-state index in [4.69, 9.17) is 9.47 Å². The highest BCUT2D eigenvalue weighted by molar-refractivity contribution is 5.77. The van der Waals surface area contributed by atoms with Crippen LogP contribution in [0.4, 0.5) is 0 Å². The van der Waals surface area contributed by atoms with Gasteiger partial charge >= 0.3 is 0 Å². The number of rotatable bonds is 10. The fraction of sp³-hybridized carbons (Fsp3) is 0.800. The lowest BCUT2D eigenvalue weighted by molar-refractivity contribution is -0.126. The minimum Gasteiger partial charge on any atom is -0.379 e. The molecule has 0 saturated carbocycles. The van der Waals surface area contributed by atoms with Crippen molar-refractivity contribution >= 4 is 5.91 Å². The van der Waals surface area contributed by atoms with E-state index in [-0.39, 0.29) is 12.5 Å². The van der Waals surface area contributed by atoms with E-state index in [1.165, 1.54) is 0 Å². The molecule has 0 rings (SSSR count). The zero-order chi connectivity index (χ0) is 14.3. The van der Waals surface area contributed by atoms with Crippen LogP contribution in [-0.4, -0.2) is 38.9 Å². The van der Waals surface area contributed by atoms with E-state index in [1.54, 1.807) is 0 Å². The second-order valence-corrected chi connectivity index (χ2v) is 4.59. The lowest BCUT2D eigenvalue weighted by atomic mass is 10.2. The van der Waals surface area contributed by atoms with E-state index in [1.807, 2.05) is 13.8 Å². The van der Waals surface area contributed by atoms with Crippen molar-refractivity contribution in [3.05, 3.63) is 0 Å². The van der Waals surface area contributed by atoms with Crippen molar-refractivity contribution in [1.29, 1.82) is 0 Å². The summed E-state index contributed by atoms with van der Waals surface area (Å²) in [5.74, 6) is 6.34. The summed E-state index contributed by atoms with van der Waals surface area (Å²) >= 11 is 0. The molecule has 0 bridgehead atoms. The predicted molar refractivity (Wildman–Crippen MR) is 76.8 cm³/mol. The third-order valence-electron chi connectivity index (χ3n) is 2.21. The van der Waals surface area contributed by atoms with Gasteiger partial charge in [0.15, 0.2) is 0 Å². The third kappa shape index (κ3) is 14.9. The van der Waals surface area contributed by atoms with Crippen LogP contribution in [0.3, 0.4) is 0 Å². The van der Waals surface area contributed by atoms with Crippen molar-refractivity contribution in [2.45, 2.75) is 40.0 Å². The summed E-state index contributed by atoms with van der Waals surface area (Å²) in [4.78, 5) is 11.4. The van der Waals surface area contributed by atoms with Gasteiger partial charge in [0, 0.05) is 25.5 Å². The smallest absolute Gasteiger partial charge is 0.246 e. The van der Waals surface area contributed by atoms with Crippen molar-refractivity contribution < 1.29 is 14.3 Å². The summed E-state index contributed by atoms with van der Waals surface area (Å²) < 4.78 is 10.5. The maximum atomic E-state index is 11.4. The van der Waals surface area contributed by atoms with E-state index in [0.717, 1.165) is 19.4 Å². The Balaban J connectivity index is 3.29. The predicted octanol–water partition coefficient (Wildman–Crippen LogP) is 1.99. The average Bonchev–Trinajstić information content (AvgIpc) is 2.37. The van der Waals surface area contributed by atoms with E-state index in [9.17, 15) is 4.79 Å². The molecular formula is C15H27NO3. The molecule has 4 nitrogen and oxygen atoms in total. The molecule has 0 unspecified atom stereocenters. The van der Waals surface area contributed by atoms with Gasteiger partial charge < -0.3 is 14.8 Å². The van der Waals surface area contributed by atoms with Crippen molar-refractivity contribution in [2.24, 2.45) is 5.92 Å². The Hall–Kier alpha value is -1.05. The first-order valence-electron chi connectivity index (χ1n) is 7.07. The van der Waals surface area contributed by atoms with Gasteiger partial charge in [0.2, 0.25) is 5.91 Å². The number of carbonyl (C=O) groups is 1. The molecule has 0 aliphatic heterocycles. The molecule has 0 spiro atoms. The van der Waals surface area contributed by atoms with Crippen LogP contribution in [-0.2, 0) is 14.3 Å². The van der Waals surface area contributed by atoms with Crippen LogP contribution in [0.15, 0.2) is 0 Å². The Bertz CT molecular complexity index is 279. The number of unbranched alkanes of at least 4 members (excludes halogenated alkanes) is 1. The molecule has 1 N–H and O–H groups in total. The Labute approximate surface area is 117 Å². The molecule has 0 aromatic rings. The molecule has 0 aromatic heterocycles. The summed E-state index contributed by atoms with van der Waals surface area (Å²) in [6.45, 7) is 8.65.